The Balaban J connectivity index is 1.29. The molecule has 1 aromatic rings. The molecule has 0 aliphatic carbocycles. The maximum atomic E-state index is 11.9. The second-order valence-electron chi connectivity index (χ2n) is 8.68. The molecule has 3 heterocycles. The number of aromatic nitrogens is 3. The van der Waals surface area contributed by atoms with Gasteiger partial charge in [-0.1, -0.05) is 0 Å². The minimum atomic E-state index is -1.64. The normalized spacial score (nSPS) is 32.6. The molecule has 19 nitrogen and oxygen atoms in total. The first-order valence-corrected chi connectivity index (χ1v) is 11.8. The minimum absolute atomic E-state index is 0.00609. The highest BCUT2D eigenvalue weighted by atomic mass is 16.7. The molecule has 2 fully saturated rings. The third-order valence-corrected chi connectivity index (χ3v) is 5.84. The summed E-state index contributed by atoms with van der Waals surface area (Å²) in [5.41, 5.74) is 5.08. The van der Waals surface area contributed by atoms with E-state index in [1.54, 1.807) is 0 Å². The van der Waals surface area contributed by atoms with E-state index in [2.05, 4.69) is 20.7 Å². The molecular formula is C20H32N6O13. The summed E-state index contributed by atoms with van der Waals surface area (Å²) in [6, 6.07) is 0. The zero-order valence-electron chi connectivity index (χ0n) is 20.5. The third-order valence-electron chi connectivity index (χ3n) is 5.84. The number of hydrogen-bond donors (Lipinski definition) is 9. The Kier molecular flexibility index (Phi) is 11.0. The van der Waals surface area contributed by atoms with Gasteiger partial charge in [-0.2, -0.15) is 0 Å². The fourth-order valence-corrected chi connectivity index (χ4v) is 3.73. The number of hydrogen-bond acceptors (Lipinski definition) is 15. The molecule has 5 unspecified atom stereocenters. The quantitative estimate of drug-likeness (QED) is 0.101. The van der Waals surface area contributed by atoms with Crippen LogP contribution in [0.4, 0.5) is 0 Å². The smallest absolute Gasteiger partial charge is 0.288 e. The molecule has 0 aromatic carbocycles. The molecule has 3 amide bonds. The summed E-state index contributed by atoms with van der Waals surface area (Å²) in [7, 11) is 0. The van der Waals surface area contributed by atoms with E-state index in [0.29, 0.717) is 0 Å². The Morgan fingerprint density at radius 3 is 2.18 bits per heavy atom. The summed E-state index contributed by atoms with van der Waals surface area (Å²) in [4.78, 5) is 38.6. The number of rotatable bonds is 13. The number of amides is 3. The number of aliphatic hydroxyl groups excluding tert-OH is 6. The number of primary amides is 1. The van der Waals surface area contributed by atoms with Gasteiger partial charge in [0.2, 0.25) is 17.6 Å². The van der Waals surface area contributed by atoms with Crippen molar-refractivity contribution >= 4 is 17.7 Å². The average molecular weight is 565 g/mol. The second kappa shape index (κ2) is 14.0. The van der Waals surface area contributed by atoms with E-state index in [0.717, 1.165) is 11.0 Å². The number of ether oxygens (including phenoxy) is 4. The first-order chi connectivity index (χ1) is 18.5. The van der Waals surface area contributed by atoms with E-state index < -0.39 is 92.8 Å². The first kappa shape index (κ1) is 30.7. The van der Waals surface area contributed by atoms with Gasteiger partial charge in [0.15, 0.2) is 12.5 Å². The van der Waals surface area contributed by atoms with E-state index in [4.69, 9.17) is 29.8 Å². The summed E-state index contributed by atoms with van der Waals surface area (Å²) in [5.74, 6) is -2.36. The van der Waals surface area contributed by atoms with Gasteiger partial charge in [0.25, 0.3) is 5.91 Å². The number of carbonyl (C=O) groups excluding carboxylic acids is 3. The lowest BCUT2D eigenvalue weighted by Crippen LogP contribution is -2.59. The topological polar surface area (TPSA) is 290 Å². The maximum Gasteiger partial charge on any atom is 0.288 e. The highest BCUT2D eigenvalue weighted by Crippen LogP contribution is 2.29. The van der Waals surface area contributed by atoms with Crippen molar-refractivity contribution < 1.29 is 64.0 Å². The first-order valence-electron chi connectivity index (χ1n) is 11.8. The average Bonchev–Trinajstić information content (AvgIpc) is 3.50. The number of aliphatic hydroxyl groups is 6. The van der Waals surface area contributed by atoms with Crippen LogP contribution >= 0.6 is 0 Å². The van der Waals surface area contributed by atoms with Crippen molar-refractivity contribution in [2.75, 3.05) is 39.5 Å². The second-order valence-corrected chi connectivity index (χ2v) is 8.68. The highest BCUT2D eigenvalue weighted by Gasteiger charge is 2.45. The zero-order valence-corrected chi connectivity index (χ0v) is 20.5. The molecule has 2 aliphatic heterocycles. The van der Waals surface area contributed by atoms with Gasteiger partial charge in [-0.3, -0.25) is 14.4 Å². The monoisotopic (exact) mass is 564 g/mol. The van der Waals surface area contributed by atoms with E-state index in [1.807, 2.05) is 0 Å². The lowest BCUT2D eigenvalue weighted by atomic mass is 9.99. The van der Waals surface area contributed by atoms with E-state index >= 15 is 0 Å². The van der Waals surface area contributed by atoms with Crippen molar-refractivity contribution in [2.24, 2.45) is 5.73 Å². The molecule has 2 saturated heterocycles. The Bertz CT molecular complexity index is 980. The van der Waals surface area contributed by atoms with Crippen LogP contribution in [0.25, 0.3) is 0 Å². The van der Waals surface area contributed by atoms with E-state index in [1.165, 1.54) is 0 Å². The van der Waals surface area contributed by atoms with Crippen LogP contribution in [-0.4, -0.2) is 152 Å². The molecule has 39 heavy (non-hydrogen) atoms. The van der Waals surface area contributed by atoms with Crippen LogP contribution in [0.5, 0.6) is 0 Å². The fourth-order valence-electron chi connectivity index (χ4n) is 3.73. The van der Waals surface area contributed by atoms with Crippen LogP contribution in [0.3, 0.4) is 0 Å². The van der Waals surface area contributed by atoms with Crippen LogP contribution in [0, 0.1) is 0 Å². The molecule has 9 atom stereocenters. The molecule has 3 rings (SSSR count). The van der Waals surface area contributed by atoms with Gasteiger partial charge in [-0.15, -0.1) is 5.10 Å². The molecule has 0 spiro atoms. The largest absolute Gasteiger partial charge is 0.394 e. The Morgan fingerprint density at radius 2 is 1.56 bits per heavy atom. The predicted octanol–water partition coefficient (Wildman–Crippen LogP) is -6.94. The van der Waals surface area contributed by atoms with Gasteiger partial charge in [-0.05, 0) is 0 Å². The van der Waals surface area contributed by atoms with Crippen LogP contribution in [0.1, 0.15) is 16.8 Å². The SMILES string of the molecule is NC(=O)c1ncn([C@@H]2O[C@H](COCC(=O)NCCNC(=O)COC3OC(CO)C(O)C(O)C3O)[C@@H](O)[C@H]2O)n1. The predicted molar refractivity (Wildman–Crippen MR) is 121 cm³/mol. The zero-order chi connectivity index (χ0) is 28.7. The molecule has 19 heteroatoms. The van der Waals surface area contributed by atoms with Crippen molar-refractivity contribution in [1.82, 2.24) is 25.4 Å². The van der Waals surface area contributed by atoms with Crippen molar-refractivity contribution in [1.29, 1.82) is 0 Å². The number of nitrogens with two attached hydrogens (primary N) is 1. The van der Waals surface area contributed by atoms with Gasteiger partial charge >= 0.3 is 0 Å². The summed E-state index contributed by atoms with van der Waals surface area (Å²) < 4.78 is 22.0. The Hall–Kier alpha value is -2.85. The van der Waals surface area contributed by atoms with Crippen molar-refractivity contribution in [3.8, 4) is 0 Å². The third kappa shape index (κ3) is 7.85. The van der Waals surface area contributed by atoms with Gasteiger partial charge in [0, 0.05) is 13.1 Å². The lowest BCUT2D eigenvalue weighted by Gasteiger charge is -2.39. The van der Waals surface area contributed by atoms with Crippen molar-refractivity contribution in [3.05, 3.63) is 12.2 Å². The van der Waals surface area contributed by atoms with Crippen LogP contribution in [0.2, 0.25) is 0 Å². The van der Waals surface area contributed by atoms with Gasteiger partial charge in [0.05, 0.1) is 13.2 Å². The van der Waals surface area contributed by atoms with E-state index in [-0.39, 0.29) is 25.5 Å². The standard InChI is InChI=1S/C20H32N6O13/c21-17(35)18-24-7-26(25-18)19-15(33)13(31)9(38-19)4-36-5-10(28)22-1-2-23-11(29)6-37-20-16(34)14(32)12(30)8(3-27)39-20/h7-9,12-16,19-20,27,30-34H,1-6H2,(H2,21,35)(H,22,28)(H,23,29)/t8?,9-,12?,13-,14?,15-,16?,19-,20?/m1/s1. The van der Waals surface area contributed by atoms with E-state index in [9.17, 15) is 39.9 Å². The molecular weight excluding hydrogens is 532 g/mol. The summed E-state index contributed by atoms with van der Waals surface area (Å²) in [6.07, 6.45) is -11.3. The van der Waals surface area contributed by atoms with Crippen LogP contribution in [0.15, 0.2) is 6.33 Å². The lowest BCUT2D eigenvalue weighted by molar-refractivity contribution is -0.299. The molecule has 10 N–H and O–H groups in total. The fraction of sp³-hybridized carbons (Fsp3) is 0.750. The summed E-state index contributed by atoms with van der Waals surface area (Å²) in [6.45, 7) is -1.87. The maximum absolute atomic E-state index is 11.9. The van der Waals surface area contributed by atoms with Crippen molar-refractivity contribution in [2.45, 2.75) is 55.2 Å². The molecule has 1 aromatic heterocycles. The minimum Gasteiger partial charge on any atom is -0.394 e. The summed E-state index contributed by atoms with van der Waals surface area (Å²) in [5, 5.41) is 67.5. The van der Waals surface area contributed by atoms with Crippen LogP contribution < -0.4 is 16.4 Å². The molecule has 2 aliphatic rings. The molecule has 0 radical (unpaired) electrons. The molecule has 220 valence electrons. The Morgan fingerprint density at radius 1 is 0.923 bits per heavy atom. The molecule has 0 saturated carbocycles. The summed E-state index contributed by atoms with van der Waals surface area (Å²) >= 11 is 0. The number of nitrogens with one attached hydrogen (secondary N) is 2. The highest BCUT2D eigenvalue weighted by molar-refractivity contribution is 5.88. The van der Waals surface area contributed by atoms with Crippen LogP contribution in [-0.2, 0) is 28.5 Å². The van der Waals surface area contributed by atoms with Gasteiger partial charge < -0.3 is 66.0 Å². The van der Waals surface area contributed by atoms with Gasteiger partial charge in [0.1, 0.15) is 62.3 Å². The molecule has 0 bridgehead atoms. The van der Waals surface area contributed by atoms with Gasteiger partial charge in [-0.25, -0.2) is 9.67 Å². The van der Waals surface area contributed by atoms with Crippen molar-refractivity contribution in [3.63, 3.8) is 0 Å². The number of nitrogens with zero attached hydrogens (tertiary/aromatic N) is 3. The Labute approximate surface area is 220 Å². The number of carbonyl (C=O) groups is 3.